The van der Waals surface area contributed by atoms with Crippen molar-refractivity contribution in [1.82, 2.24) is 9.80 Å². The molecule has 1 saturated heterocycles. The molecule has 2 aliphatic heterocycles. The number of unbranched alkanes of at least 4 members (excludes halogenated alkanes) is 1. The quantitative estimate of drug-likeness (QED) is 0.757. The number of morpholine rings is 1. The highest BCUT2D eigenvalue weighted by Gasteiger charge is 2.45. The minimum Gasteiger partial charge on any atom is -0.491 e. The van der Waals surface area contributed by atoms with Crippen LogP contribution in [0.2, 0.25) is 0 Å². The van der Waals surface area contributed by atoms with Crippen molar-refractivity contribution in [2.75, 3.05) is 46.4 Å². The smallest absolute Gasteiger partial charge is 0.256 e. The van der Waals surface area contributed by atoms with E-state index < -0.39 is 5.60 Å². The number of ether oxygens (including phenoxy) is 2. The van der Waals surface area contributed by atoms with E-state index >= 15 is 0 Å². The number of benzene rings is 1. The van der Waals surface area contributed by atoms with Crippen LogP contribution < -0.4 is 10.5 Å². The Bertz CT molecular complexity index is 726. The zero-order valence-corrected chi connectivity index (χ0v) is 18.1. The highest BCUT2D eigenvalue weighted by molar-refractivity contribution is 5.87. The van der Waals surface area contributed by atoms with Gasteiger partial charge in [-0.05, 0) is 56.7 Å². The van der Waals surface area contributed by atoms with E-state index in [1.165, 1.54) is 5.56 Å². The maximum Gasteiger partial charge on any atom is 0.256 e. The molecule has 30 heavy (non-hydrogen) atoms. The number of hydrogen-bond acceptors (Lipinski definition) is 5. The first-order valence-corrected chi connectivity index (χ1v) is 11.1. The second kappa shape index (κ2) is 10.8. The molecule has 0 bridgehead atoms. The third-order valence-corrected chi connectivity index (χ3v) is 6.05. The SMILES string of the molecule is CN1CCOc2ccccc2CCCCC2(CN(C(=O)CCCCN)CCO2)C1=O. The molecule has 2 amide bonds. The number of rotatable bonds is 4. The Morgan fingerprint density at radius 1 is 1.17 bits per heavy atom. The summed E-state index contributed by atoms with van der Waals surface area (Å²) in [4.78, 5) is 29.6. The molecule has 2 N–H and O–H groups in total. The summed E-state index contributed by atoms with van der Waals surface area (Å²) in [5.74, 6) is 0.932. The molecule has 1 aromatic rings. The Balaban J connectivity index is 1.72. The molecule has 7 heteroatoms. The van der Waals surface area contributed by atoms with E-state index in [2.05, 4.69) is 6.07 Å². The summed E-state index contributed by atoms with van der Waals surface area (Å²) in [5, 5.41) is 0. The van der Waals surface area contributed by atoms with Crippen LogP contribution in [0.25, 0.3) is 0 Å². The van der Waals surface area contributed by atoms with Crippen LogP contribution in [-0.4, -0.2) is 73.7 Å². The van der Waals surface area contributed by atoms with Crippen LogP contribution >= 0.6 is 0 Å². The Morgan fingerprint density at radius 3 is 2.83 bits per heavy atom. The van der Waals surface area contributed by atoms with Crippen LogP contribution in [-0.2, 0) is 20.7 Å². The molecular weight excluding hydrogens is 382 g/mol. The summed E-state index contributed by atoms with van der Waals surface area (Å²) in [6, 6.07) is 8.10. The lowest BCUT2D eigenvalue weighted by Crippen LogP contribution is -2.61. The molecule has 0 aliphatic carbocycles. The Hall–Kier alpha value is -2.12. The fourth-order valence-electron chi connectivity index (χ4n) is 4.28. The van der Waals surface area contributed by atoms with Crippen LogP contribution in [0.5, 0.6) is 5.75 Å². The summed E-state index contributed by atoms with van der Waals surface area (Å²) in [6.07, 6.45) is 5.40. The van der Waals surface area contributed by atoms with Crippen molar-refractivity contribution in [3.63, 3.8) is 0 Å². The van der Waals surface area contributed by atoms with Crippen molar-refractivity contribution >= 4 is 11.8 Å². The molecule has 3 rings (SSSR count). The maximum atomic E-state index is 13.4. The number of likely N-dealkylation sites (N-methyl/N-ethyl adjacent to an activating group) is 1. The van der Waals surface area contributed by atoms with Gasteiger partial charge in [0.15, 0.2) is 5.60 Å². The van der Waals surface area contributed by atoms with E-state index in [1.807, 2.05) is 23.1 Å². The summed E-state index contributed by atoms with van der Waals surface area (Å²) >= 11 is 0. The number of carbonyl (C=O) groups is 2. The van der Waals surface area contributed by atoms with Gasteiger partial charge < -0.3 is 25.0 Å². The number of fused-ring (bicyclic) bond motifs is 1. The average molecular weight is 418 g/mol. The van der Waals surface area contributed by atoms with Gasteiger partial charge in [0.1, 0.15) is 12.4 Å². The number of hydrogen-bond donors (Lipinski definition) is 1. The molecule has 166 valence electrons. The highest BCUT2D eigenvalue weighted by Crippen LogP contribution is 2.29. The van der Waals surface area contributed by atoms with Crippen LogP contribution in [0.3, 0.4) is 0 Å². The minimum atomic E-state index is -0.963. The third-order valence-electron chi connectivity index (χ3n) is 6.05. The van der Waals surface area contributed by atoms with Gasteiger partial charge in [-0.15, -0.1) is 0 Å². The molecule has 7 nitrogen and oxygen atoms in total. The van der Waals surface area contributed by atoms with Crippen LogP contribution in [0.1, 0.15) is 44.1 Å². The lowest BCUT2D eigenvalue weighted by Gasteiger charge is -2.43. The van der Waals surface area contributed by atoms with Gasteiger partial charge in [0.2, 0.25) is 5.91 Å². The fourth-order valence-corrected chi connectivity index (χ4v) is 4.28. The zero-order chi connectivity index (χ0) is 21.4. The molecule has 0 saturated carbocycles. The highest BCUT2D eigenvalue weighted by atomic mass is 16.5. The van der Waals surface area contributed by atoms with Crippen molar-refractivity contribution in [2.24, 2.45) is 5.73 Å². The summed E-state index contributed by atoms with van der Waals surface area (Å²) < 4.78 is 12.1. The first-order chi connectivity index (χ1) is 14.6. The minimum absolute atomic E-state index is 0.0561. The summed E-state index contributed by atoms with van der Waals surface area (Å²) in [5.41, 5.74) is 5.78. The normalized spacial score (nSPS) is 23.3. The molecule has 1 fully saturated rings. The molecule has 1 aromatic carbocycles. The summed E-state index contributed by atoms with van der Waals surface area (Å²) in [6.45, 7) is 2.75. The van der Waals surface area contributed by atoms with Gasteiger partial charge in [-0.25, -0.2) is 0 Å². The van der Waals surface area contributed by atoms with Gasteiger partial charge in [-0.3, -0.25) is 9.59 Å². The van der Waals surface area contributed by atoms with Gasteiger partial charge in [-0.2, -0.15) is 0 Å². The van der Waals surface area contributed by atoms with E-state index in [4.69, 9.17) is 15.2 Å². The lowest BCUT2D eigenvalue weighted by atomic mass is 9.91. The first-order valence-electron chi connectivity index (χ1n) is 11.1. The summed E-state index contributed by atoms with van der Waals surface area (Å²) in [7, 11) is 1.79. The van der Waals surface area contributed by atoms with Crippen LogP contribution in [0, 0.1) is 0 Å². The lowest BCUT2D eigenvalue weighted by molar-refractivity contribution is -0.175. The number of carbonyl (C=O) groups excluding carboxylic acids is 2. The van der Waals surface area contributed by atoms with Gasteiger partial charge in [0.05, 0.1) is 19.7 Å². The second-order valence-electron chi connectivity index (χ2n) is 8.29. The first kappa shape index (κ1) is 22.6. The van der Waals surface area contributed by atoms with E-state index in [9.17, 15) is 9.59 Å². The van der Waals surface area contributed by atoms with E-state index in [0.29, 0.717) is 52.2 Å². The van der Waals surface area contributed by atoms with Crippen LogP contribution in [0.15, 0.2) is 24.3 Å². The van der Waals surface area contributed by atoms with E-state index in [0.717, 1.165) is 37.9 Å². The van der Waals surface area contributed by atoms with Gasteiger partial charge >= 0.3 is 0 Å². The Labute approximate surface area is 179 Å². The molecule has 2 aliphatic rings. The van der Waals surface area contributed by atoms with E-state index in [-0.39, 0.29) is 11.8 Å². The van der Waals surface area contributed by atoms with Gasteiger partial charge in [0, 0.05) is 20.0 Å². The number of amides is 2. The second-order valence-corrected chi connectivity index (χ2v) is 8.29. The zero-order valence-electron chi connectivity index (χ0n) is 18.1. The van der Waals surface area contributed by atoms with E-state index in [1.54, 1.807) is 11.9 Å². The fraction of sp³-hybridized carbons (Fsp3) is 0.652. The molecule has 1 unspecified atom stereocenters. The van der Waals surface area contributed by atoms with Crippen molar-refractivity contribution in [2.45, 2.75) is 50.5 Å². The monoisotopic (exact) mass is 417 g/mol. The molecule has 1 atom stereocenters. The molecular formula is C23H35N3O4. The van der Waals surface area contributed by atoms with Crippen molar-refractivity contribution in [1.29, 1.82) is 0 Å². The number of nitrogens with two attached hydrogens (primary N) is 1. The van der Waals surface area contributed by atoms with Gasteiger partial charge in [0.25, 0.3) is 5.91 Å². The largest absolute Gasteiger partial charge is 0.491 e. The standard InChI is InChI=1S/C23H35N3O4/c1-25-14-16-29-20-10-3-2-8-19(20)9-4-6-12-23(22(25)28)18-26(15-17-30-23)21(27)11-5-7-13-24/h2-3,8,10H,4-7,9,11-18,24H2,1H3. The predicted molar refractivity (Wildman–Crippen MR) is 115 cm³/mol. The molecule has 0 radical (unpaired) electrons. The maximum absolute atomic E-state index is 13.4. The number of para-hydroxylation sites is 1. The topological polar surface area (TPSA) is 85.1 Å². The van der Waals surface area contributed by atoms with Gasteiger partial charge in [-0.1, -0.05) is 18.2 Å². The molecule has 1 spiro atoms. The predicted octanol–water partition coefficient (Wildman–Crippen LogP) is 1.98. The Kier molecular flexibility index (Phi) is 8.10. The average Bonchev–Trinajstić information content (AvgIpc) is 2.76. The Morgan fingerprint density at radius 2 is 2.00 bits per heavy atom. The molecule has 2 heterocycles. The number of aryl methyl sites for hydroxylation is 1. The van der Waals surface area contributed by atoms with Crippen molar-refractivity contribution < 1.29 is 19.1 Å². The van der Waals surface area contributed by atoms with Crippen LogP contribution in [0.4, 0.5) is 0 Å². The van der Waals surface area contributed by atoms with Crippen molar-refractivity contribution in [3.05, 3.63) is 29.8 Å². The molecule has 0 aromatic heterocycles. The number of nitrogens with zero attached hydrogens (tertiary/aromatic N) is 2. The third kappa shape index (κ3) is 5.52. The van der Waals surface area contributed by atoms with Crippen molar-refractivity contribution in [3.8, 4) is 5.75 Å².